The lowest BCUT2D eigenvalue weighted by Gasteiger charge is -2.13. The third kappa shape index (κ3) is 4.50. The topological polar surface area (TPSA) is 69.7 Å². The molecular weight excluding hydrogens is 320 g/mol. The number of hydrogen-bond donors (Lipinski definition) is 1. The Bertz CT molecular complexity index is 689. The van der Waals surface area contributed by atoms with Gasteiger partial charge < -0.3 is 19.5 Å². The summed E-state index contributed by atoms with van der Waals surface area (Å²) in [5.74, 6) is 1.05. The number of halogens is 1. The Morgan fingerprint density at radius 1 is 1.22 bits per heavy atom. The smallest absolute Gasteiger partial charge is 0.262 e. The molecule has 0 unspecified atom stereocenters. The Kier molecular flexibility index (Phi) is 5.65. The number of nitrogens with one attached hydrogen (secondary N) is 1. The standard InChI is InChI=1S/C16H17ClN2O4/c1-10-4-5-11(8-18-10)23-9-16(20)19-13-7-14(21-2)12(17)6-15(13)22-3/h4-8H,9H2,1-3H3,(H,19,20). The van der Waals surface area contributed by atoms with Gasteiger partial charge in [0.1, 0.15) is 17.2 Å². The number of pyridine rings is 1. The SMILES string of the molecule is COc1cc(NC(=O)COc2ccc(C)nc2)c(OC)cc1Cl. The minimum Gasteiger partial charge on any atom is -0.495 e. The number of carbonyl (C=O) groups is 1. The molecule has 1 N–H and O–H groups in total. The Morgan fingerprint density at radius 2 is 1.96 bits per heavy atom. The van der Waals surface area contributed by atoms with Crippen LogP contribution in [0.15, 0.2) is 30.5 Å². The van der Waals surface area contributed by atoms with E-state index in [2.05, 4.69) is 10.3 Å². The van der Waals surface area contributed by atoms with E-state index in [0.29, 0.717) is 28.0 Å². The molecule has 0 saturated heterocycles. The normalized spacial score (nSPS) is 10.1. The summed E-state index contributed by atoms with van der Waals surface area (Å²) in [5.41, 5.74) is 1.32. The zero-order chi connectivity index (χ0) is 16.8. The minimum absolute atomic E-state index is 0.154. The molecule has 2 rings (SSSR count). The maximum absolute atomic E-state index is 12.0. The van der Waals surface area contributed by atoms with Crippen LogP contribution in [-0.2, 0) is 4.79 Å². The molecule has 1 aromatic heterocycles. The van der Waals surface area contributed by atoms with Crippen molar-refractivity contribution in [3.8, 4) is 17.2 Å². The largest absolute Gasteiger partial charge is 0.495 e. The van der Waals surface area contributed by atoms with Gasteiger partial charge in [0.05, 0.1) is 31.1 Å². The fourth-order valence-electron chi connectivity index (χ4n) is 1.83. The zero-order valence-corrected chi connectivity index (χ0v) is 13.8. The molecule has 6 nitrogen and oxygen atoms in total. The predicted octanol–water partition coefficient (Wildman–Crippen LogP) is 3.08. The van der Waals surface area contributed by atoms with Gasteiger partial charge in [-0.15, -0.1) is 0 Å². The highest BCUT2D eigenvalue weighted by Gasteiger charge is 2.13. The van der Waals surface area contributed by atoms with Crippen molar-refractivity contribution in [3.63, 3.8) is 0 Å². The van der Waals surface area contributed by atoms with Crippen molar-refractivity contribution >= 4 is 23.2 Å². The number of aromatic nitrogens is 1. The molecule has 1 amide bonds. The molecular formula is C16H17ClN2O4. The number of hydrogen-bond acceptors (Lipinski definition) is 5. The fraction of sp³-hybridized carbons (Fsp3) is 0.250. The van der Waals surface area contributed by atoms with Crippen LogP contribution < -0.4 is 19.5 Å². The molecule has 0 radical (unpaired) electrons. The van der Waals surface area contributed by atoms with E-state index in [-0.39, 0.29) is 12.5 Å². The van der Waals surface area contributed by atoms with Crippen LogP contribution in [-0.4, -0.2) is 31.7 Å². The highest BCUT2D eigenvalue weighted by Crippen LogP contribution is 2.35. The zero-order valence-electron chi connectivity index (χ0n) is 13.1. The van der Waals surface area contributed by atoms with Crippen LogP contribution >= 0.6 is 11.6 Å². The summed E-state index contributed by atoms with van der Waals surface area (Å²) in [6.45, 7) is 1.72. The maximum atomic E-state index is 12.0. The number of rotatable bonds is 6. The van der Waals surface area contributed by atoms with Crippen molar-refractivity contribution in [2.24, 2.45) is 0 Å². The molecule has 7 heteroatoms. The molecule has 0 atom stereocenters. The summed E-state index contributed by atoms with van der Waals surface area (Å²) in [7, 11) is 2.98. The molecule has 1 aromatic carbocycles. The molecule has 122 valence electrons. The van der Waals surface area contributed by atoms with E-state index in [1.807, 2.05) is 6.92 Å². The van der Waals surface area contributed by atoms with E-state index in [1.165, 1.54) is 14.2 Å². The summed E-state index contributed by atoms with van der Waals surface area (Å²) in [6, 6.07) is 6.72. The van der Waals surface area contributed by atoms with Crippen LogP contribution in [0.2, 0.25) is 5.02 Å². The van der Waals surface area contributed by atoms with Gasteiger partial charge in [-0.3, -0.25) is 9.78 Å². The number of ether oxygens (including phenoxy) is 3. The lowest BCUT2D eigenvalue weighted by Crippen LogP contribution is -2.20. The number of methoxy groups -OCH3 is 2. The third-order valence-corrected chi connectivity index (χ3v) is 3.30. The number of aryl methyl sites for hydroxylation is 1. The van der Waals surface area contributed by atoms with Crippen LogP contribution in [0, 0.1) is 6.92 Å². The van der Waals surface area contributed by atoms with Crippen molar-refractivity contribution in [1.29, 1.82) is 0 Å². The number of benzene rings is 1. The molecule has 2 aromatic rings. The molecule has 0 spiro atoms. The van der Waals surface area contributed by atoms with Crippen LogP contribution in [0.25, 0.3) is 0 Å². The van der Waals surface area contributed by atoms with Crippen molar-refractivity contribution in [2.45, 2.75) is 6.92 Å². The first-order valence-electron chi connectivity index (χ1n) is 6.80. The maximum Gasteiger partial charge on any atom is 0.262 e. The van der Waals surface area contributed by atoms with Crippen LogP contribution in [0.1, 0.15) is 5.69 Å². The van der Waals surface area contributed by atoms with Gasteiger partial charge in [0, 0.05) is 17.8 Å². The quantitative estimate of drug-likeness (QED) is 0.877. The van der Waals surface area contributed by atoms with E-state index in [1.54, 1.807) is 30.5 Å². The van der Waals surface area contributed by atoms with Crippen molar-refractivity contribution in [1.82, 2.24) is 4.98 Å². The van der Waals surface area contributed by atoms with Gasteiger partial charge in [-0.2, -0.15) is 0 Å². The van der Waals surface area contributed by atoms with Gasteiger partial charge in [-0.25, -0.2) is 0 Å². The Morgan fingerprint density at radius 3 is 2.57 bits per heavy atom. The first kappa shape index (κ1) is 16.9. The number of amides is 1. The molecule has 0 fully saturated rings. The van der Waals surface area contributed by atoms with Gasteiger partial charge in [-0.1, -0.05) is 11.6 Å². The molecule has 1 heterocycles. The number of nitrogens with zero attached hydrogens (tertiary/aromatic N) is 1. The highest BCUT2D eigenvalue weighted by molar-refractivity contribution is 6.32. The van der Waals surface area contributed by atoms with E-state index in [4.69, 9.17) is 25.8 Å². The lowest BCUT2D eigenvalue weighted by molar-refractivity contribution is -0.118. The lowest BCUT2D eigenvalue weighted by atomic mass is 10.2. The van der Waals surface area contributed by atoms with Gasteiger partial charge in [0.25, 0.3) is 5.91 Å². The number of carbonyl (C=O) groups excluding carboxylic acids is 1. The second-order valence-electron chi connectivity index (χ2n) is 4.66. The van der Waals surface area contributed by atoms with E-state index in [0.717, 1.165) is 5.69 Å². The summed E-state index contributed by atoms with van der Waals surface area (Å²) in [6.07, 6.45) is 1.56. The minimum atomic E-state index is -0.340. The van der Waals surface area contributed by atoms with Crippen LogP contribution in [0.4, 0.5) is 5.69 Å². The van der Waals surface area contributed by atoms with Gasteiger partial charge in [0.15, 0.2) is 6.61 Å². The summed E-state index contributed by atoms with van der Waals surface area (Å²) < 4.78 is 15.7. The average molecular weight is 337 g/mol. The Hall–Kier alpha value is -2.47. The van der Waals surface area contributed by atoms with Crippen molar-refractivity contribution in [3.05, 3.63) is 41.2 Å². The van der Waals surface area contributed by atoms with E-state index in [9.17, 15) is 4.79 Å². The first-order valence-corrected chi connectivity index (χ1v) is 7.18. The highest BCUT2D eigenvalue weighted by atomic mass is 35.5. The van der Waals surface area contributed by atoms with Crippen molar-refractivity contribution < 1.29 is 19.0 Å². The monoisotopic (exact) mass is 336 g/mol. The van der Waals surface area contributed by atoms with Gasteiger partial charge >= 0.3 is 0 Å². The van der Waals surface area contributed by atoms with E-state index < -0.39 is 0 Å². The summed E-state index contributed by atoms with van der Waals surface area (Å²) >= 11 is 6.02. The molecule has 0 aliphatic heterocycles. The van der Waals surface area contributed by atoms with E-state index >= 15 is 0 Å². The predicted molar refractivity (Wildman–Crippen MR) is 87.7 cm³/mol. The fourth-order valence-corrected chi connectivity index (χ4v) is 2.06. The first-order chi connectivity index (χ1) is 11.0. The molecule has 0 aliphatic rings. The molecule has 23 heavy (non-hydrogen) atoms. The number of anilines is 1. The third-order valence-electron chi connectivity index (χ3n) is 3.00. The summed E-state index contributed by atoms with van der Waals surface area (Å²) in [4.78, 5) is 16.1. The van der Waals surface area contributed by atoms with Crippen molar-refractivity contribution in [2.75, 3.05) is 26.1 Å². The second kappa shape index (κ2) is 7.69. The Balaban J connectivity index is 2.03. The average Bonchev–Trinajstić information content (AvgIpc) is 2.55. The van der Waals surface area contributed by atoms with Crippen LogP contribution in [0.3, 0.4) is 0 Å². The second-order valence-corrected chi connectivity index (χ2v) is 5.07. The Labute approximate surface area is 139 Å². The van der Waals surface area contributed by atoms with Crippen LogP contribution in [0.5, 0.6) is 17.2 Å². The molecule has 0 saturated carbocycles. The van der Waals surface area contributed by atoms with Gasteiger partial charge in [-0.05, 0) is 19.1 Å². The van der Waals surface area contributed by atoms with Gasteiger partial charge in [0.2, 0.25) is 0 Å². The summed E-state index contributed by atoms with van der Waals surface area (Å²) in [5, 5.41) is 3.09. The molecule has 0 bridgehead atoms. The molecule has 0 aliphatic carbocycles.